The summed E-state index contributed by atoms with van der Waals surface area (Å²) in [5.41, 5.74) is 7.53. The molecule has 0 radical (unpaired) electrons. The summed E-state index contributed by atoms with van der Waals surface area (Å²) in [5.74, 6) is 0.919. The molecule has 1 unspecified atom stereocenters. The molecule has 6 nitrogen and oxygen atoms in total. The Morgan fingerprint density at radius 2 is 2.10 bits per heavy atom. The largest absolute Gasteiger partial charge is 0.369 e. The molecule has 0 amide bonds. The Morgan fingerprint density at radius 1 is 1.25 bits per heavy atom. The highest BCUT2D eigenvalue weighted by Gasteiger charge is 2.18. The number of anilines is 3. The molecule has 1 aliphatic rings. The standard InChI is InChI=1S/C14H17N5O/c15-14-18-11(12-9-16-6-7-20-12)8-13(19-14)17-10-4-2-1-3-5-10/h1-5,8,12,16H,6-7,9H2,(H3,15,17,18,19). The fourth-order valence-electron chi connectivity index (χ4n) is 2.14. The molecule has 0 spiro atoms. The predicted octanol–water partition coefficient (Wildman–Crippen LogP) is 1.46. The fraction of sp³-hybridized carbons (Fsp3) is 0.286. The lowest BCUT2D eigenvalue weighted by Gasteiger charge is -2.23. The third-order valence-electron chi connectivity index (χ3n) is 3.07. The first-order chi connectivity index (χ1) is 9.81. The second-order valence-corrected chi connectivity index (χ2v) is 4.59. The van der Waals surface area contributed by atoms with Crippen LogP contribution in [0, 0.1) is 0 Å². The van der Waals surface area contributed by atoms with Crippen LogP contribution in [0.25, 0.3) is 0 Å². The van der Waals surface area contributed by atoms with Gasteiger partial charge in [-0.05, 0) is 12.1 Å². The molecule has 1 aromatic heterocycles. The van der Waals surface area contributed by atoms with Crippen molar-refractivity contribution >= 4 is 17.5 Å². The van der Waals surface area contributed by atoms with Gasteiger partial charge in [0.1, 0.15) is 11.9 Å². The third-order valence-corrected chi connectivity index (χ3v) is 3.07. The molecule has 0 aliphatic carbocycles. The normalized spacial score (nSPS) is 18.7. The average Bonchev–Trinajstić information content (AvgIpc) is 2.49. The lowest BCUT2D eigenvalue weighted by Crippen LogP contribution is -2.33. The van der Waals surface area contributed by atoms with E-state index in [2.05, 4.69) is 20.6 Å². The number of hydrogen-bond acceptors (Lipinski definition) is 6. The van der Waals surface area contributed by atoms with E-state index >= 15 is 0 Å². The molecule has 1 atom stereocenters. The second kappa shape index (κ2) is 5.85. The van der Waals surface area contributed by atoms with Crippen molar-refractivity contribution in [2.45, 2.75) is 6.10 Å². The maximum atomic E-state index is 5.78. The monoisotopic (exact) mass is 271 g/mol. The maximum Gasteiger partial charge on any atom is 0.222 e. The number of benzene rings is 1. The zero-order valence-corrected chi connectivity index (χ0v) is 11.0. The van der Waals surface area contributed by atoms with Gasteiger partial charge in [-0.1, -0.05) is 18.2 Å². The Kier molecular flexibility index (Phi) is 3.76. The van der Waals surface area contributed by atoms with Crippen LogP contribution in [0.15, 0.2) is 36.4 Å². The molecule has 6 heteroatoms. The Morgan fingerprint density at radius 3 is 2.85 bits per heavy atom. The van der Waals surface area contributed by atoms with Crippen LogP contribution in [0.1, 0.15) is 11.8 Å². The van der Waals surface area contributed by atoms with Crippen molar-refractivity contribution in [2.75, 3.05) is 30.7 Å². The summed E-state index contributed by atoms with van der Waals surface area (Å²) < 4.78 is 5.69. The van der Waals surface area contributed by atoms with Gasteiger partial charge in [-0.3, -0.25) is 0 Å². The van der Waals surface area contributed by atoms with Crippen molar-refractivity contribution in [1.82, 2.24) is 15.3 Å². The van der Waals surface area contributed by atoms with Crippen LogP contribution in [0.5, 0.6) is 0 Å². The van der Waals surface area contributed by atoms with Crippen molar-refractivity contribution < 1.29 is 4.74 Å². The number of nitrogens with zero attached hydrogens (tertiary/aromatic N) is 2. The van der Waals surface area contributed by atoms with Crippen LogP contribution in [0.4, 0.5) is 17.5 Å². The molecule has 20 heavy (non-hydrogen) atoms. The molecular weight excluding hydrogens is 254 g/mol. The summed E-state index contributed by atoms with van der Waals surface area (Å²) in [6, 6.07) is 11.7. The van der Waals surface area contributed by atoms with Crippen LogP contribution >= 0.6 is 0 Å². The molecule has 1 saturated heterocycles. The summed E-state index contributed by atoms with van der Waals surface area (Å²) in [5, 5.41) is 6.49. The van der Waals surface area contributed by atoms with E-state index < -0.39 is 0 Å². The first-order valence-corrected chi connectivity index (χ1v) is 6.60. The van der Waals surface area contributed by atoms with Crippen LogP contribution in [-0.4, -0.2) is 29.7 Å². The zero-order valence-electron chi connectivity index (χ0n) is 11.0. The molecule has 4 N–H and O–H groups in total. The van der Waals surface area contributed by atoms with E-state index in [9.17, 15) is 0 Å². The molecule has 3 rings (SSSR count). The fourth-order valence-corrected chi connectivity index (χ4v) is 2.14. The van der Waals surface area contributed by atoms with Crippen LogP contribution in [0.2, 0.25) is 0 Å². The lowest BCUT2D eigenvalue weighted by atomic mass is 10.2. The van der Waals surface area contributed by atoms with Crippen molar-refractivity contribution in [3.05, 3.63) is 42.1 Å². The molecule has 1 fully saturated rings. The lowest BCUT2D eigenvalue weighted by molar-refractivity contribution is 0.0251. The van der Waals surface area contributed by atoms with Crippen molar-refractivity contribution in [3.8, 4) is 0 Å². The highest BCUT2D eigenvalue weighted by molar-refractivity contribution is 5.57. The van der Waals surface area contributed by atoms with E-state index in [4.69, 9.17) is 10.5 Å². The van der Waals surface area contributed by atoms with Gasteiger partial charge in [0.2, 0.25) is 5.95 Å². The quantitative estimate of drug-likeness (QED) is 0.783. The Labute approximate surface area is 117 Å². The first kappa shape index (κ1) is 12.8. The molecule has 1 aromatic carbocycles. The van der Waals surface area contributed by atoms with E-state index in [0.29, 0.717) is 12.4 Å². The summed E-state index contributed by atoms with van der Waals surface area (Å²) in [6.07, 6.45) is -0.0784. The highest BCUT2D eigenvalue weighted by Crippen LogP contribution is 2.22. The van der Waals surface area contributed by atoms with Gasteiger partial charge in [0.25, 0.3) is 0 Å². The van der Waals surface area contributed by atoms with E-state index in [1.54, 1.807) is 0 Å². The Balaban J connectivity index is 1.82. The molecule has 2 aromatic rings. The number of ether oxygens (including phenoxy) is 1. The van der Waals surface area contributed by atoms with E-state index in [1.807, 2.05) is 36.4 Å². The summed E-state index contributed by atoms with van der Waals surface area (Å²) >= 11 is 0. The molecule has 2 heterocycles. The predicted molar refractivity (Wildman–Crippen MR) is 77.7 cm³/mol. The number of nitrogen functional groups attached to an aromatic ring is 1. The van der Waals surface area contributed by atoms with Gasteiger partial charge in [0.05, 0.1) is 12.3 Å². The van der Waals surface area contributed by atoms with E-state index in [-0.39, 0.29) is 12.1 Å². The first-order valence-electron chi connectivity index (χ1n) is 6.60. The van der Waals surface area contributed by atoms with Crippen LogP contribution in [0.3, 0.4) is 0 Å². The number of rotatable bonds is 3. The van der Waals surface area contributed by atoms with Gasteiger partial charge < -0.3 is 21.1 Å². The average molecular weight is 271 g/mol. The van der Waals surface area contributed by atoms with Gasteiger partial charge in [0.15, 0.2) is 0 Å². The molecule has 1 aliphatic heterocycles. The number of morpholine rings is 1. The van der Waals surface area contributed by atoms with Gasteiger partial charge in [-0.15, -0.1) is 0 Å². The second-order valence-electron chi connectivity index (χ2n) is 4.59. The van der Waals surface area contributed by atoms with Gasteiger partial charge in [-0.25, -0.2) is 4.98 Å². The molecule has 0 saturated carbocycles. The number of aromatic nitrogens is 2. The number of nitrogens with two attached hydrogens (primary N) is 1. The van der Waals surface area contributed by atoms with Gasteiger partial charge in [0, 0.05) is 24.8 Å². The SMILES string of the molecule is Nc1nc(Nc2ccccc2)cc(C2CNCCO2)n1. The third kappa shape index (κ3) is 3.04. The van der Waals surface area contributed by atoms with Crippen molar-refractivity contribution in [2.24, 2.45) is 0 Å². The van der Waals surface area contributed by atoms with E-state index in [1.165, 1.54) is 0 Å². The Bertz CT molecular complexity index is 569. The smallest absolute Gasteiger partial charge is 0.222 e. The minimum absolute atomic E-state index is 0.0784. The molecule has 104 valence electrons. The Hall–Kier alpha value is -2.18. The number of para-hydroxylation sites is 1. The van der Waals surface area contributed by atoms with Crippen LogP contribution in [-0.2, 0) is 4.74 Å². The van der Waals surface area contributed by atoms with E-state index in [0.717, 1.165) is 24.5 Å². The summed E-state index contributed by atoms with van der Waals surface area (Å²) in [7, 11) is 0. The summed E-state index contributed by atoms with van der Waals surface area (Å²) in [6.45, 7) is 2.28. The van der Waals surface area contributed by atoms with Crippen molar-refractivity contribution in [3.63, 3.8) is 0 Å². The van der Waals surface area contributed by atoms with Gasteiger partial charge >= 0.3 is 0 Å². The van der Waals surface area contributed by atoms with Crippen molar-refractivity contribution in [1.29, 1.82) is 0 Å². The summed E-state index contributed by atoms with van der Waals surface area (Å²) in [4.78, 5) is 8.46. The highest BCUT2D eigenvalue weighted by atomic mass is 16.5. The molecule has 0 bridgehead atoms. The topological polar surface area (TPSA) is 85.1 Å². The molecular formula is C14H17N5O. The zero-order chi connectivity index (χ0) is 13.8. The minimum Gasteiger partial charge on any atom is -0.369 e. The number of hydrogen-bond donors (Lipinski definition) is 3. The maximum absolute atomic E-state index is 5.78. The minimum atomic E-state index is -0.0784. The van der Waals surface area contributed by atoms with Gasteiger partial charge in [-0.2, -0.15) is 4.98 Å². The number of nitrogens with one attached hydrogen (secondary N) is 2. The van der Waals surface area contributed by atoms with Crippen LogP contribution < -0.4 is 16.4 Å².